The molecule has 0 saturated carbocycles. The summed E-state index contributed by atoms with van der Waals surface area (Å²) in [6.07, 6.45) is -2.19. The molecule has 0 aromatic heterocycles. The van der Waals surface area contributed by atoms with Gasteiger partial charge in [-0.3, -0.25) is 9.59 Å². The highest BCUT2D eigenvalue weighted by molar-refractivity contribution is 6.32. The number of anilines is 1. The minimum absolute atomic E-state index is 0.295. The minimum Gasteiger partial charge on any atom is -0.344 e. The summed E-state index contributed by atoms with van der Waals surface area (Å²) in [7, 11) is 0. The molecule has 2 N–H and O–H groups in total. The molecule has 2 rings (SSSR count). The molecule has 0 radical (unpaired) electrons. The summed E-state index contributed by atoms with van der Waals surface area (Å²) in [5, 5.41) is 4.81. The van der Waals surface area contributed by atoms with Gasteiger partial charge in [0.15, 0.2) is 0 Å². The summed E-state index contributed by atoms with van der Waals surface area (Å²) in [5.41, 5.74) is 1.28. The first kappa shape index (κ1) is 19.5. The summed E-state index contributed by atoms with van der Waals surface area (Å²) in [6, 6.07) is 13.2. The lowest BCUT2D eigenvalue weighted by Gasteiger charge is -2.12. The second-order valence-corrected chi connectivity index (χ2v) is 5.59. The van der Waals surface area contributed by atoms with Crippen LogP contribution in [0.5, 0.6) is 0 Å². The zero-order chi connectivity index (χ0) is 19.2. The third-order valence-electron chi connectivity index (χ3n) is 3.29. The lowest BCUT2D eigenvalue weighted by atomic mass is 10.1. The summed E-state index contributed by atoms with van der Waals surface area (Å²) < 4.78 is 36.8. The van der Waals surface area contributed by atoms with Crippen molar-refractivity contribution in [3.05, 3.63) is 70.8 Å². The zero-order valence-electron chi connectivity index (χ0n) is 13.3. The molecule has 2 aromatic rings. The van der Waals surface area contributed by atoms with E-state index in [1.54, 1.807) is 41.7 Å². The van der Waals surface area contributed by atoms with Crippen molar-refractivity contribution in [2.45, 2.75) is 12.7 Å². The molecule has 0 fully saturated rings. The van der Waals surface area contributed by atoms with E-state index < -0.39 is 18.0 Å². The van der Waals surface area contributed by atoms with Crippen molar-refractivity contribution in [1.29, 1.82) is 0 Å². The van der Waals surface area contributed by atoms with Gasteiger partial charge in [0.05, 0.1) is 0 Å². The Bertz CT molecular complexity index is 835. The van der Waals surface area contributed by atoms with Crippen LogP contribution in [0.15, 0.2) is 54.6 Å². The topological polar surface area (TPSA) is 58.2 Å². The highest BCUT2D eigenvalue weighted by atomic mass is 35.5. The molecule has 0 heterocycles. The highest BCUT2D eigenvalue weighted by Crippen LogP contribution is 2.19. The van der Waals surface area contributed by atoms with Gasteiger partial charge < -0.3 is 10.6 Å². The van der Waals surface area contributed by atoms with E-state index in [1.807, 2.05) is 0 Å². The molecular weight excluding hydrogens is 369 g/mol. The van der Waals surface area contributed by atoms with E-state index in [-0.39, 0.29) is 6.54 Å². The number of rotatable bonds is 5. The van der Waals surface area contributed by atoms with Gasteiger partial charge in [0.25, 0.3) is 0 Å². The number of benzene rings is 2. The van der Waals surface area contributed by atoms with Crippen molar-refractivity contribution in [3.8, 4) is 0 Å². The Morgan fingerprint density at radius 3 is 2.38 bits per heavy atom. The first-order chi connectivity index (χ1) is 12.3. The van der Waals surface area contributed by atoms with Crippen LogP contribution in [0.25, 0.3) is 6.08 Å². The van der Waals surface area contributed by atoms with Crippen molar-refractivity contribution in [1.82, 2.24) is 5.32 Å². The van der Waals surface area contributed by atoms with Gasteiger partial charge in [-0.05, 0) is 29.3 Å². The van der Waals surface area contributed by atoms with Crippen LogP contribution in [0, 0.1) is 0 Å². The first-order valence-electron chi connectivity index (χ1n) is 7.44. The van der Waals surface area contributed by atoms with E-state index in [9.17, 15) is 22.8 Å². The lowest BCUT2D eigenvalue weighted by Crippen LogP contribution is -2.36. The van der Waals surface area contributed by atoms with Crippen molar-refractivity contribution in [2.24, 2.45) is 0 Å². The third kappa shape index (κ3) is 5.63. The monoisotopic (exact) mass is 382 g/mol. The third-order valence-corrected chi connectivity index (χ3v) is 3.64. The molecule has 0 spiro atoms. The number of hydrogen-bond donors (Lipinski definition) is 2. The second-order valence-electron chi connectivity index (χ2n) is 5.18. The van der Waals surface area contributed by atoms with Gasteiger partial charge in [-0.25, -0.2) is 0 Å². The molecule has 2 amide bonds. The molecule has 0 atom stereocenters. The zero-order valence-corrected chi connectivity index (χ0v) is 14.1. The Hall–Kier alpha value is -2.80. The Morgan fingerprint density at radius 1 is 1.04 bits per heavy atom. The molecule has 26 heavy (non-hydrogen) atoms. The number of nitrogens with one attached hydrogen (secondary N) is 2. The quantitative estimate of drug-likeness (QED) is 0.762. The van der Waals surface area contributed by atoms with E-state index in [4.69, 9.17) is 11.6 Å². The fourth-order valence-electron chi connectivity index (χ4n) is 2.02. The summed E-state index contributed by atoms with van der Waals surface area (Å²) in [4.78, 5) is 23.0. The van der Waals surface area contributed by atoms with Crippen LogP contribution in [-0.2, 0) is 16.1 Å². The number of carbonyl (C=O) groups excluding carboxylic acids is 2. The Balaban J connectivity index is 2.04. The van der Waals surface area contributed by atoms with Gasteiger partial charge in [-0.15, -0.1) is 0 Å². The maximum atomic E-state index is 12.3. The van der Waals surface area contributed by atoms with E-state index in [1.165, 1.54) is 24.3 Å². The van der Waals surface area contributed by atoms with Crippen LogP contribution < -0.4 is 10.6 Å². The number of amides is 2. The van der Waals surface area contributed by atoms with Gasteiger partial charge in [-0.1, -0.05) is 48.0 Å². The molecule has 2 aromatic carbocycles. The van der Waals surface area contributed by atoms with E-state index >= 15 is 0 Å². The molecule has 0 bridgehead atoms. The summed E-state index contributed by atoms with van der Waals surface area (Å²) >= 11 is 5.99. The smallest absolute Gasteiger partial charge is 0.344 e. The number of hydrogen-bond acceptors (Lipinski definition) is 2. The molecule has 0 aliphatic carbocycles. The fourth-order valence-corrected chi connectivity index (χ4v) is 2.22. The van der Waals surface area contributed by atoms with Gasteiger partial charge in [0.2, 0.25) is 5.91 Å². The average molecular weight is 383 g/mol. The van der Waals surface area contributed by atoms with Crippen molar-refractivity contribution in [3.63, 3.8) is 0 Å². The second kappa shape index (κ2) is 8.53. The van der Waals surface area contributed by atoms with E-state index in [0.29, 0.717) is 21.8 Å². The standard InChI is InChI=1S/C18H14ClF3N2O2/c19-14-7-3-1-5-12(14)9-10-16(25)24-15-8-4-2-6-13(15)11-23-17(26)18(20,21)22/h1-10H,11H2,(H,23,26)(H,24,25)/b10-9+. The van der Waals surface area contributed by atoms with Gasteiger partial charge >= 0.3 is 12.1 Å². The number of alkyl halides is 3. The van der Waals surface area contributed by atoms with Crippen LogP contribution in [0.3, 0.4) is 0 Å². The summed E-state index contributed by atoms with van der Waals surface area (Å²) in [6.45, 7) is -0.372. The number of para-hydroxylation sites is 1. The molecule has 0 aliphatic heterocycles. The first-order valence-corrected chi connectivity index (χ1v) is 7.81. The molecule has 0 saturated heterocycles. The number of halogens is 4. The Labute approximate surface area is 152 Å². The maximum absolute atomic E-state index is 12.3. The maximum Gasteiger partial charge on any atom is 0.471 e. The largest absolute Gasteiger partial charge is 0.471 e. The van der Waals surface area contributed by atoms with Gasteiger partial charge in [0.1, 0.15) is 0 Å². The molecule has 4 nitrogen and oxygen atoms in total. The Kier molecular flexibility index (Phi) is 6.41. The van der Waals surface area contributed by atoms with Gasteiger partial charge in [0, 0.05) is 23.3 Å². The summed E-state index contributed by atoms with van der Waals surface area (Å²) in [5.74, 6) is -2.53. The van der Waals surface area contributed by atoms with Crippen LogP contribution in [0.1, 0.15) is 11.1 Å². The normalized spacial score (nSPS) is 11.4. The molecule has 0 unspecified atom stereocenters. The van der Waals surface area contributed by atoms with E-state index in [2.05, 4.69) is 5.32 Å². The molecular formula is C18H14ClF3N2O2. The highest BCUT2D eigenvalue weighted by Gasteiger charge is 2.38. The average Bonchev–Trinajstić information content (AvgIpc) is 2.59. The lowest BCUT2D eigenvalue weighted by molar-refractivity contribution is -0.173. The van der Waals surface area contributed by atoms with Crippen molar-refractivity contribution in [2.75, 3.05) is 5.32 Å². The predicted molar refractivity (Wildman–Crippen MR) is 93.5 cm³/mol. The van der Waals surface area contributed by atoms with Crippen LogP contribution >= 0.6 is 11.6 Å². The minimum atomic E-state index is -4.96. The van der Waals surface area contributed by atoms with Crippen molar-refractivity contribution >= 4 is 35.2 Å². The van der Waals surface area contributed by atoms with Crippen LogP contribution in [0.4, 0.5) is 18.9 Å². The van der Waals surface area contributed by atoms with Crippen molar-refractivity contribution < 1.29 is 22.8 Å². The molecule has 8 heteroatoms. The molecule has 136 valence electrons. The SMILES string of the molecule is O=C(/C=C/c1ccccc1Cl)Nc1ccccc1CNC(=O)C(F)(F)F. The fraction of sp³-hybridized carbons (Fsp3) is 0.111. The van der Waals surface area contributed by atoms with Crippen LogP contribution in [0.2, 0.25) is 5.02 Å². The van der Waals surface area contributed by atoms with Gasteiger partial charge in [-0.2, -0.15) is 13.2 Å². The molecule has 0 aliphatic rings. The predicted octanol–water partition coefficient (Wildman–Crippen LogP) is 4.17. The van der Waals surface area contributed by atoms with E-state index in [0.717, 1.165) is 0 Å². The van der Waals surface area contributed by atoms with Crippen LogP contribution in [-0.4, -0.2) is 18.0 Å². The number of carbonyl (C=O) groups is 2. The Morgan fingerprint density at radius 2 is 1.69 bits per heavy atom.